The van der Waals surface area contributed by atoms with Gasteiger partial charge in [0.1, 0.15) is 0 Å². The molecule has 0 spiro atoms. The largest absolute Gasteiger partial charge is 0.377 e. The average Bonchev–Trinajstić information content (AvgIpc) is 2.52. The number of ether oxygens (including phenoxy) is 1. The van der Waals surface area contributed by atoms with Crippen LogP contribution in [0.3, 0.4) is 0 Å². The van der Waals surface area contributed by atoms with Gasteiger partial charge >= 0.3 is 0 Å². The van der Waals surface area contributed by atoms with E-state index in [0.717, 1.165) is 19.1 Å². The highest BCUT2D eigenvalue weighted by Crippen LogP contribution is 2.13. The molecule has 1 rings (SSSR count). The Bertz CT molecular complexity index is 136. The molecule has 2 nitrogen and oxygen atoms in total. The standard InChI is InChI=1S/C11H23NO/c1-4-10-7-11(8-12-10)13-6-5-9(2)3/h9-12H,4-8H2,1-3H3/t10-,11+/m0/s1. The first-order valence-corrected chi connectivity index (χ1v) is 5.57. The van der Waals surface area contributed by atoms with Crippen molar-refractivity contribution >= 4 is 0 Å². The lowest BCUT2D eigenvalue weighted by Gasteiger charge is -2.11. The monoisotopic (exact) mass is 185 g/mol. The van der Waals surface area contributed by atoms with Crippen LogP contribution >= 0.6 is 0 Å². The van der Waals surface area contributed by atoms with Gasteiger partial charge in [0.15, 0.2) is 0 Å². The lowest BCUT2D eigenvalue weighted by Crippen LogP contribution is -2.20. The molecular weight excluding hydrogens is 162 g/mol. The van der Waals surface area contributed by atoms with Gasteiger partial charge in [-0.05, 0) is 25.2 Å². The molecule has 0 aromatic rings. The Labute approximate surface area is 82.0 Å². The predicted octanol–water partition coefficient (Wildman–Crippen LogP) is 2.19. The highest BCUT2D eigenvalue weighted by atomic mass is 16.5. The summed E-state index contributed by atoms with van der Waals surface area (Å²) in [6.45, 7) is 8.70. The van der Waals surface area contributed by atoms with E-state index in [2.05, 4.69) is 26.1 Å². The van der Waals surface area contributed by atoms with Crippen LogP contribution in [-0.2, 0) is 4.74 Å². The molecule has 78 valence electrons. The van der Waals surface area contributed by atoms with E-state index in [1.54, 1.807) is 0 Å². The Hall–Kier alpha value is -0.0800. The topological polar surface area (TPSA) is 21.3 Å². The van der Waals surface area contributed by atoms with Gasteiger partial charge in [-0.1, -0.05) is 20.8 Å². The lowest BCUT2D eigenvalue weighted by molar-refractivity contribution is 0.0581. The van der Waals surface area contributed by atoms with E-state index in [1.165, 1.54) is 19.3 Å². The summed E-state index contributed by atoms with van der Waals surface area (Å²) in [5, 5.41) is 3.47. The van der Waals surface area contributed by atoms with Crippen LogP contribution in [0.4, 0.5) is 0 Å². The molecule has 2 heteroatoms. The van der Waals surface area contributed by atoms with Crippen molar-refractivity contribution in [3.63, 3.8) is 0 Å². The quantitative estimate of drug-likeness (QED) is 0.709. The van der Waals surface area contributed by atoms with Crippen LogP contribution in [0.5, 0.6) is 0 Å². The third-order valence-electron chi connectivity index (χ3n) is 2.72. The van der Waals surface area contributed by atoms with Crippen molar-refractivity contribution in [2.75, 3.05) is 13.2 Å². The van der Waals surface area contributed by atoms with Crippen LogP contribution in [0.2, 0.25) is 0 Å². The summed E-state index contributed by atoms with van der Waals surface area (Å²) in [4.78, 5) is 0. The van der Waals surface area contributed by atoms with Crippen molar-refractivity contribution in [3.05, 3.63) is 0 Å². The van der Waals surface area contributed by atoms with Crippen LogP contribution in [0, 0.1) is 5.92 Å². The van der Waals surface area contributed by atoms with Crippen molar-refractivity contribution in [2.24, 2.45) is 5.92 Å². The Morgan fingerprint density at radius 1 is 1.46 bits per heavy atom. The summed E-state index contributed by atoms with van der Waals surface area (Å²) >= 11 is 0. The Morgan fingerprint density at radius 3 is 2.77 bits per heavy atom. The molecule has 1 aliphatic heterocycles. The molecule has 2 atom stereocenters. The normalized spacial score (nSPS) is 28.6. The first-order chi connectivity index (χ1) is 6.22. The van der Waals surface area contributed by atoms with E-state index >= 15 is 0 Å². The first kappa shape index (κ1) is 11.0. The number of rotatable bonds is 5. The molecule has 1 heterocycles. The molecule has 0 aromatic heterocycles. The van der Waals surface area contributed by atoms with Crippen LogP contribution in [0.1, 0.15) is 40.0 Å². The van der Waals surface area contributed by atoms with E-state index in [1.807, 2.05) is 0 Å². The van der Waals surface area contributed by atoms with E-state index in [-0.39, 0.29) is 0 Å². The van der Waals surface area contributed by atoms with E-state index in [4.69, 9.17) is 4.74 Å². The highest BCUT2D eigenvalue weighted by Gasteiger charge is 2.22. The maximum atomic E-state index is 5.78. The molecule has 1 fully saturated rings. The predicted molar refractivity (Wildman–Crippen MR) is 55.9 cm³/mol. The summed E-state index contributed by atoms with van der Waals surface area (Å²) in [7, 11) is 0. The van der Waals surface area contributed by atoms with Crippen LogP contribution in [0.15, 0.2) is 0 Å². The minimum absolute atomic E-state index is 0.476. The van der Waals surface area contributed by atoms with Gasteiger partial charge in [-0.25, -0.2) is 0 Å². The van der Waals surface area contributed by atoms with Crippen LogP contribution < -0.4 is 5.32 Å². The molecule has 0 unspecified atom stereocenters. The highest BCUT2D eigenvalue weighted by molar-refractivity contribution is 4.80. The maximum Gasteiger partial charge on any atom is 0.0714 e. The fraction of sp³-hybridized carbons (Fsp3) is 1.00. The van der Waals surface area contributed by atoms with E-state index < -0.39 is 0 Å². The summed E-state index contributed by atoms with van der Waals surface area (Å²) < 4.78 is 5.78. The molecule has 0 radical (unpaired) electrons. The molecule has 13 heavy (non-hydrogen) atoms. The second-order valence-electron chi connectivity index (χ2n) is 4.42. The fourth-order valence-corrected chi connectivity index (χ4v) is 1.69. The third-order valence-corrected chi connectivity index (χ3v) is 2.72. The fourth-order valence-electron chi connectivity index (χ4n) is 1.69. The molecule has 1 N–H and O–H groups in total. The second kappa shape index (κ2) is 5.61. The van der Waals surface area contributed by atoms with Crippen molar-refractivity contribution in [3.8, 4) is 0 Å². The van der Waals surface area contributed by atoms with Crippen molar-refractivity contribution in [1.29, 1.82) is 0 Å². The molecule has 1 aliphatic rings. The average molecular weight is 185 g/mol. The van der Waals surface area contributed by atoms with Crippen LogP contribution in [0.25, 0.3) is 0 Å². The zero-order valence-corrected chi connectivity index (χ0v) is 9.18. The zero-order valence-electron chi connectivity index (χ0n) is 9.18. The number of hydrogen-bond acceptors (Lipinski definition) is 2. The SMILES string of the molecule is CC[C@H]1C[C@@H](OCCC(C)C)CN1. The van der Waals surface area contributed by atoms with Crippen molar-refractivity contribution in [1.82, 2.24) is 5.32 Å². The summed E-state index contributed by atoms with van der Waals surface area (Å²) in [5.41, 5.74) is 0. The minimum atomic E-state index is 0.476. The molecule has 0 bridgehead atoms. The molecule has 0 aliphatic carbocycles. The Balaban J connectivity index is 2.03. The van der Waals surface area contributed by atoms with Crippen molar-refractivity contribution < 1.29 is 4.74 Å². The zero-order chi connectivity index (χ0) is 9.68. The lowest BCUT2D eigenvalue weighted by atomic mass is 10.1. The Kier molecular flexibility index (Phi) is 4.74. The van der Waals surface area contributed by atoms with E-state index in [9.17, 15) is 0 Å². The molecule has 0 saturated carbocycles. The second-order valence-corrected chi connectivity index (χ2v) is 4.42. The summed E-state index contributed by atoms with van der Waals surface area (Å²) in [5.74, 6) is 0.760. The van der Waals surface area contributed by atoms with Gasteiger partial charge in [-0.2, -0.15) is 0 Å². The van der Waals surface area contributed by atoms with Gasteiger partial charge in [0.25, 0.3) is 0 Å². The first-order valence-electron chi connectivity index (χ1n) is 5.57. The number of hydrogen-bond donors (Lipinski definition) is 1. The third kappa shape index (κ3) is 4.10. The van der Waals surface area contributed by atoms with Gasteiger partial charge in [-0.3, -0.25) is 0 Å². The summed E-state index contributed by atoms with van der Waals surface area (Å²) in [6, 6.07) is 0.698. The van der Waals surface area contributed by atoms with Crippen molar-refractivity contribution in [2.45, 2.75) is 52.2 Å². The van der Waals surface area contributed by atoms with E-state index in [0.29, 0.717) is 12.1 Å². The van der Waals surface area contributed by atoms with Gasteiger partial charge in [0.2, 0.25) is 0 Å². The molecule has 0 amide bonds. The molecule has 1 saturated heterocycles. The molecule has 0 aromatic carbocycles. The summed E-state index contributed by atoms with van der Waals surface area (Å²) in [6.07, 6.45) is 4.09. The van der Waals surface area contributed by atoms with Gasteiger partial charge in [0.05, 0.1) is 6.10 Å². The number of nitrogens with one attached hydrogen (secondary N) is 1. The smallest absolute Gasteiger partial charge is 0.0714 e. The Morgan fingerprint density at radius 2 is 2.23 bits per heavy atom. The molecular formula is C11H23NO. The van der Waals surface area contributed by atoms with Crippen LogP contribution in [-0.4, -0.2) is 25.3 Å². The van der Waals surface area contributed by atoms with Gasteiger partial charge in [-0.15, -0.1) is 0 Å². The van der Waals surface area contributed by atoms with Gasteiger partial charge in [0, 0.05) is 19.2 Å². The maximum absolute atomic E-state index is 5.78. The minimum Gasteiger partial charge on any atom is -0.377 e. The van der Waals surface area contributed by atoms with Gasteiger partial charge < -0.3 is 10.1 Å².